The van der Waals surface area contributed by atoms with Gasteiger partial charge in [0.25, 0.3) is 0 Å². The molecule has 1 aromatic heterocycles. The largest absolute Gasteiger partial charge is 0.465 e. The van der Waals surface area contributed by atoms with Gasteiger partial charge >= 0.3 is 5.97 Å². The Hall–Kier alpha value is -2.56. The molecular weight excluding hydrogens is 244 g/mol. The number of hydrogen-bond donors (Lipinski definition) is 0. The van der Waals surface area contributed by atoms with Crippen LogP contribution in [0.15, 0.2) is 36.7 Å². The number of ether oxygens (including phenoxy) is 1. The molecule has 0 saturated heterocycles. The van der Waals surface area contributed by atoms with E-state index in [1.165, 1.54) is 26.4 Å². The van der Waals surface area contributed by atoms with Crippen molar-refractivity contribution in [1.29, 1.82) is 0 Å². The van der Waals surface area contributed by atoms with E-state index in [4.69, 9.17) is 0 Å². The van der Waals surface area contributed by atoms with Gasteiger partial charge in [-0.2, -0.15) is 0 Å². The van der Waals surface area contributed by atoms with Crippen LogP contribution in [0, 0.1) is 0 Å². The van der Waals surface area contributed by atoms with Gasteiger partial charge in [0.1, 0.15) is 5.69 Å². The molecule has 5 nitrogen and oxygen atoms in total. The van der Waals surface area contributed by atoms with Gasteiger partial charge in [0.05, 0.1) is 18.4 Å². The fraction of sp³-hybridized carbons (Fsp3) is 0.143. The summed E-state index contributed by atoms with van der Waals surface area (Å²) in [5.41, 5.74) is 1.99. The van der Waals surface area contributed by atoms with Crippen LogP contribution in [0.1, 0.15) is 27.8 Å². The first-order chi connectivity index (χ1) is 9.13. The molecule has 2 rings (SSSR count). The normalized spacial score (nSPS) is 10.0. The molecule has 0 unspecified atom stereocenters. The molecule has 5 heteroatoms. The van der Waals surface area contributed by atoms with Crippen LogP contribution < -0.4 is 0 Å². The van der Waals surface area contributed by atoms with E-state index in [-0.39, 0.29) is 5.78 Å². The minimum absolute atomic E-state index is 0.153. The monoisotopic (exact) mass is 256 g/mol. The summed E-state index contributed by atoms with van der Waals surface area (Å²) in [7, 11) is 1.33. The molecule has 0 atom stereocenters. The Morgan fingerprint density at radius 3 is 2.26 bits per heavy atom. The number of rotatable bonds is 3. The predicted molar refractivity (Wildman–Crippen MR) is 68.8 cm³/mol. The summed E-state index contributed by atoms with van der Waals surface area (Å²) in [6, 6.07) is 6.67. The number of Topliss-reactive ketones (excluding diaryl/α,β-unsaturated/α-hetero) is 1. The smallest absolute Gasteiger partial charge is 0.337 e. The summed E-state index contributed by atoms with van der Waals surface area (Å²) < 4.78 is 4.62. The Balaban J connectivity index is 2.43. The number of ketones is 1. The molecule has 0 N–H and O–H groups in total. The third-order valence-electron chi connectivity index (χ3n) is 2.61. The maximum absolute atomic E-state index is 11.5. The molecule has 2 aromatic rings. The highest BCUT2D eigenvalue weighted by molar-refractivity contribution is 5.98. The van der Waals surface area contributed by atoms with Crippen molar-refractivity contribution >= 4 is 11.8 Å². The van der Waals surface area contributed by atoms with Crippen LogP contribution in [0.5, 0.6) is 0 Å². The summed E-state index contributed by atoms with van der Waals surface area (Å²) in [6.45, 7) is 1.44. The predicted octanol–water partition coefficient (Wildman–Crippen LogP) is 2.13. The first kappa shape index (κ1) is 12.9. The Morgan fingerprint density at radius 1 is 1.05 bits per heavy atom. The lowest BCUT2D eigenvalue weighted by molar-refractivity contribution is 0.0600. The fourth-order valence-electron chi connectivity index (χ4n) is 1.69. The quantitative estimate of drug-likeness (QED) is 0.621. The van der Waals surface area contributed by atoms with Gasteiger partial charge in [0.15, 0.2) is 5.78 Å². The topological polar surface area (TPSA) is 69.2 Å². The zero-order chi connectivity index (χ0) is 13.8. The maximum Gasteiger partial charge on any atom is 0.337 e. The number of carbonyl (C=O) groups is 2. The molecule has 1 aromatic carbocycles. The third-order valence-corrected chi connectivity index (χ3v) is 2.61. The van der Waals surface area contributed by atoms with Gasteiger partial charge in [0.2, 0.25) is 0 Å². The van der Waals surface area contributed by atoms with E-state index < -0.39 is 5.97 Å². The zero-order valence-electron chi connectivity index (χ0n) is 10.6. The Kier molecular flexibility index (Phi) is 3.66. The average molecular weight is 256 g/mol. The summed E-state index contributed by atoms with van der Waals surface area (Å²) in [5, 5.41) is 0. The first-order valence-electron chi connectivity index (χ1n) is 5.64. The SMILES string of the molecule is COC(=O)c1ccc(-c2nccnc2C(C)=O)cc1. The molecule has 0 amide bonds. The lowest BCUT2D eigenvalue weighted by Crippen LogP contribution is -2.03. The summed E-state index contributed by atoms with van der Waals surface area (Å²) in [5.74, 6) is -0.558. The number of benzene rings is 1. The van der Waals surface area contributed by atoms with Gasteiger partial charge in [0, 0.05) is 24.9 Å². The van der Waals surface area contributed by atoms with E-state index in [0.29, 0.717) is 17.0 Å². The van der Waals surface area contributed by atoms with E-state index in [2.05, 4.69) is 14.7 Å². The van der Waals surface area contributed by atoms with Crippen LogP contribution in [0.2, 0.25) is 0 Å². The molecule has 0 aliphatic rings. The summed E-state index contributed by atoms with van der Waals surface area (Å²) >= 11 is 0. The standard InChI is InChI=1S/C14H12N2O3/c1-9(17)12-13(16-8-7-15-12)10-3-5-11(6-4-10)14(18)19-2/h3-8H,1-2H3. The number of esters is 1. The molecule has 0 aliphatic carbocycles. The molecule has 0 saturated carbocycles. The van der Waals surface area contributed by atoms with E-state index in [1.54, 1.807) is 24.3 Å². The summed E-state index contributed by atoms with van der Waals surface area (Å²) in [6.07, 6.45) is 3.00. The molecule has 0 radical (unpaired) electrons. The van der Waals surface area contributed by atoms with E-state index in [9.17, 15) is 9.59 Å². The highest BCUT2D eigenvalue weighted by Gasteiger charge is 2.12. The maximum atomic E-state index is 11.5. The van der Waals surface area contributed by atoms with Gasteiger partial charge in [-0.15, -0.1) is 0 Å². The summed E-state index contributed by atoms with van der Waals surface area (Å²) in [4.78, 5) is 31.0. The van der Waals surface area contributed by atoms with E-state index in [0.717, 1.165) is 5.56 Å². The van der Waals surface area contributed by atoms with Crippen molar-refractivity contribution in [3.05, 3.63) is 47.9 Å². The van der Waals surface area contributed by atoms with Crippen molar-refractivity contribution in [3.63, 3.8) is 0 Å². The zero-order valence-corrected chi connectivity index (χ0v) is 10.6. The molecule has 96 valence electrons. The minimum atomic E-state index is -0.405. The molecule has 0 spiro atoms. The van der Waals surface area contributed by atoms with Crippen LogP contribution in [-0.4, -0.2) is 28.8 Å². The number of hydrogen-bond acceptors (Lipinski definition) is 5. The van der Waals surface area contributed by atoms with Crippen molar-refractivity contribution in [2.45, 2.75) is 6.92 Å². The highest BCUT2D eigenvalue weighted by atomic mass is 16.5. The third kappa shape index (κ3) is 2.65. The fourth-order valence-corrected chi connectivity index (χ4v) is 1.69. The van der Waals surface area contributed by atoms with Crippen molar-refractivity contribution in [2.24, 2.45) is 0 Å². The molecule has 0 aliphatic heterocycles. The van der Waals surface area contributed by atoms with Gasteiger partial charge < -0.3 is 4.74 Å². The average Bonchev–Trinajstić information content (AvgIpc) is 2.46. The van der Waals surface area contributed by atoms with Crippen LogP contribution in [0.25, 0.3) is 11.3 Å². The molecule has 19 heavy (non-hydrogen) atoms. The number of nitrogens with zero attached hydrogens (tertiary/aromatic N) is 2. The number of carbonyl (C=O) groups excluding carboxylic acids is 2. The second kappa shape index (κ2) is 5.39. The van der Waals surface area contributed by atoms with Crippen LogP contribution in [0.4, 0.5) is 0 Å². The van der Waals surface area contributed by atoms with E-state index >= 15 is 0 Å². The highest BCUT2D eigenvalue weighted by Crippen LogP contribution is 2.20. The van der Waals surface area contributed by atoms with Crippen molar-refractivity contribution < 1.29 is 14.3 Å². The van der Waals surface area contributed by atoms with Gasteiger partial charge in [-0.25, -0.2) is 9.78 Å². The van der Waals surface area contributed by atoms with Crippen molar-refractivity contribution in [2.75, 3.05) is 7.11 Å². The lowest BCUT2D eigenvalue weighted by atomic mass is 10.1. The Bertz CT molecular complexity index is 621. The van der Waals surface area contributed by atoms with Gasteiger partial charge in [-0.1, -0.05) is 12.1 Å². The Labute approximate surface area is 110 Å². The van der Waals surface area contributed by atoms with Gasteiger partial charge in [-0.3, -0.25) is 9.78 Å². The number of aromatic nitrogens is 2. The van der Waals surface area contributed by atoms with Crippen molar-refractivity contribution in [1.82, 2.24) is 9.97 Å². The van der Waals surface area contributed by atoms with Crippen LogP contribution in [-0.2, 0) is 4.74 Å². The van der Waals surface area contributed by atoms with Crippen LogP contribution >= 0.6 is 0 Å². The first-order valence-corrected chi connectivity index (χ1v) is 5.64. The van der Waals surface area contributed by atoms with Crippen LogP contribution in [0.3, 0.4) is 0 Å². The Morgan fingerprint density at radius 2 is 1.68 bits per heavy atom. The molecule has 1 heterocycles. The minimum Gasteiger partial charge on any atom is -0.465 e. The second-order valence-electron chi connectivity index (χ2n) is 3.88. The number of methoxy groups -OCH3 is 1. The van der Waals surface area contributed by atoms with E-state index in [1.807, 2.05) is 0 Å². The molecule has 0 bridgehead atoms. The van der Waals surface area contributed by atoms with Gasteiger partial charge in [-0.05, 0) is 12.1 Å². The van der Waals surface area contributed by atoms with Crippen molar-refractivity contribution in [3.8, 4) is 11.3 Å². The second-order valence-corrected chi connectivity index (χ2v) is 3.88. The lowest BCUT2D eigenvalue weighted by Gasteiger charge is -2.05. The molecule has 0 fully saturated rings. The molecular formula is C14H12N2O3.